The summed E-state index contributed by atoms with van der Waals surface area (Å²) in [6.07, 6.45) is 0. The third-order valence-corrected chi connectivity index (χ3v) is 1.02. The van der Waals surface area contributed by atoms with Crippen LogP contribution in [0.25, 0.3) is 0 Å². The Hall–Kier alpha value is -1.84. The monoisotopic (exact) mass is 181 g/mol. The second kappa shape index (κ2) is 5.77. The molecule has 0 aromatic heterocycles. The van der Waals surface area contributed by atoms with E-state index in [1.807, 2.05) is 0 Å². The summed E-state index contributed by atoms with van der Waals surface area (Å²) in [5, 5.41) is 17.3. The van der Waals surface area contributed by atoms with E-state index in [1.54, 1.807) is 30.3 Å². The van der Waals surface area contributed by atoms with Crippen LogP contribution in [0, 0.1) is 0 Å². The van der Waals surface area contributed by atoms with Crippen LogP contribution in [-0.4, -0.2) is 17.0 Å². The molecule has 0 spiro atoms. The van der Waals surface area contributed by atoms with Gasteiger partial charge in [-0.05, 0) is 19.1 Å². The minimum absolute atomic E-state index is 0.331. The van der Waals surface area contributed by atoms with E-state index in [0.717, 1.165) is 6.92 Å². The molecule has 0 aliphatic carbocycles. The first-order valence-electron chi connectivity index (χ1n) is 3.50. The molecule has 0 saturated carbocycles. The van der Waals surface area contributed by atoms with Crippen LogP contribution < -0.4 is 5.11 Å². The lowest BCUT2D eigenvalue weighted by Gasteiger charge is -1.88. The van der Waals surface area contributed by atoms with Gasteiger partial charge in [0.05, 0.1) is 5.56 Å². The summed E-state index contributed by atoms with van der Waals surface area (Å²) in [5.74, 6) is -1.96. The molecule has 0 unspecified atom stereocenters. The molecule has 1 aromatic rings. The van der Waals surface area contributed by atoms with Crippen LogP contribution in [0.1, 0.15) is 17.3 Å². The molecule has 13 heavy (non-hydrogen) atoms. The van der Waals surface area contributed by atoms with Crippen LogP contribution in [0.4, 0.5) is 0 Å². The maximum atomic E-state index is 10.2. The van der Waals surface area contributed by atoms with E-state index in [-0.39, 0.29) is 0 Å². The van der Waals surface area contributed by atoms with Crippen molar-refractivity contribution in [2.24, 2.45) is 0 Å². The molecule has 4 heteroatoms. The lowest BCUT2D eigenvalue weighted by atomic mass is 10.2. The molecule has 70 valence electrons. The largest absolute Gasteiger partial charge is 0.550 e. The Morgan fingerprint density at radius 3 is 1.85 bits per heavy atom. The van der Waals surface area contributed by atoms with Gasteiger partial charge in [0.25, 0.3) is 0 Å². The molecule has 1 aromatic carbocycles. The van der Waals surface area contributed by atoms with Crippen LogP contribution in [0.2, 0.25) is 0 Å². The number of aliphatic carboxylic acids is 1. The van der Waals surface area contributed by atoms with Crippen molar-refractivity contribution in [3.8, 4) is 0 Å². The molecule has 0 amide bonds. The Kier molecular flexibility index (Phi) is 4.95. The molecule has 0 fully saturated rings. The van der Waals surface area contributed by atoms with E-state index in [1.165, 1.54) is 0 Å². The van der Waals surface area contributed by atoms with Crippen molar-refractivity contribution in [1.82, 2.24) is 0 Å². The molecule has 0 atom stereocenters. The molecule has 1 N–H and O–H groups in total. The topological polar surface area (TPSA) is 77.4 Å². The zero-order valence-corrected chi connectivity index (χ0v) is 7.06. The lowest BCUT2D eigenvalue weighted by Crippen LogP contribution is -2.16. The molecule has 0 bridgehead atoms. The Balaban J connectivity index is 0.000000310. The average Bonchev–Trinajstić information content (AvgIpc) is 2.05. The molecule has 0 aliphatic rings. The first kappa shape index (κ1) is 11.2. The molecule has 0 saturated heterocycles. The number of aromatic carboxylic acids is 1. The summed E-state index contributed by atoms with van der Waals surface area (Å²) in [4.78, 5) is 19.1. The quantitative estimate of drug-likeness (QED) is 0.668. The van der Waals surface area contributed by atoms with Gasteiger partial charge in [-0.15, -0.1) is 0 Å². The summed E-state index contributed by atoms with van der Waals surface area (Å²) in [5.41, 5.74) is 0.331. The molecule has 0 heterocycles. The predicted octanol–water partition coefficient (Wildman–Crippen LogP) is 0.141. The molecular weight excluding hydrogens is 172 g/mol. The van der Waals surface area contributed by atoms with E-state index in [2.05, 4.69) is 0 Å². The highest BCUT2D eigenvalue weighted by Crippen LogP contribution is 1.96. The number of hydrogen-bond acceptors (Lipinski definition) is 3. The van der Waals surface area contributed by atoms with E-state index < -0.39 is 11.9 Å². The summed E-state index contributed by atoms with van der Waals surface area (Å²) in [6.45, 7) is 0.972. The van der Waals surface area contributed by atoms with Crippen molar-refractivity contribution in [3.05, 3.63) is 35.9 Å². The van der Waals surface area contributed by atoms with Gasteiger partial charge in [0.1, 0.15) is 0 Å². The SMILES string of the molecule is CC(=O)[O-].O=C(O)c1ccccc1. The van der Waals surface area contributed by atoms with Gasteiger partial charge in [0.15, 0.2) is 0 Å². The summed E-state index contributed by atoms with van der Waals surface area (Å²) < 4.78 is 0. The maximum absolute atomic E-state index is 10.2. The second-order valence-electron chi connectivity index (χ2n) is 2.16. The van der Waals surface area contributed by atoms with Crippen LogP contribution >= 0.6 is 0 Å². The normalized spacial score (nSPS) is 8.08. The summed E-state index contributed by atoms with van der Waals surface area (Å²) in [6, 6.07) is 8.30. The summed E-state index contributed by atoms with van der Waals surface area (Å²) >= 11 is 0. The summed E-state index contributed by atoms with van der Waals surface area (Å²) in [7, 11) is 0. The minimum Gasteiger partial charge on any atom is -0.550 e. The average molecular weight is 181 g/mol. The third-order valence-electron chi connectivity index (χ3n) is 1.02. The molecular formula is C9H9O4-. The highest BCUT2D eigenvalue weighted by Gasteiger charge is 1.96. The van der Waals surface area contributed by atoms with Gasteiger partial charge in [0, 0.05) is 5.97 Å². The van der Waals surface area contributed by atoms with Gasteiger partial charge in [-0.25, -0.2) is 4.79 Å². The van der Waals surface area contributed by atoms with Gasteiger partial charge in [-0.1, -0.05) is 18.2 Å². The molecule has 4 nitrogen and oxygen atoms in total. The van der Waals surface area contributed by atoms with Gasteiger partial charge in [-0.2, -0.15) is 0 Å². The van der Waals surface area contributed by atoms with Gasteiger partial charge < -0.3 is 15.0 Å². The zero-order chi connectivity index (χ0) is 10.3. The van der Waals surface area contributed by atoms with Crippen molar-refractivity contribution >= 4 is 11.9 Å². The first-order valence-corrected chi connectivity index (χ1v) is 3.50. The smallest absolute Gasteiger partial charge is 0.335 e. The number of carboxylic acids is 2. The number of carbonyl (C=O) groups is 2. The fourth-order valence-corrected chi connectivity index (χ4v) is 0.581. The number of rotatable bonds is 1. The van der Waals surface area contributed by atoms with Crippen molar-refractivity contribution in [2.45, 2.75) is 6.92 Å². The Morgan fingerprint density at radius 2 is 1.62 bits per heavy atom. The molecule has 1 rings (SSSR count). The van der Waals surface area contributed by atoms with E-state index >= 15 is 0 Å². The van der Waals surface area contributed by atoms with Gasteiger partial charge in [0.2, 0.25) is 0 Å². The van der Waals surface area contributed by atoms with Crippen LogP contribution in [0.5, 0.6) is 0 Å². The molecule has 0 radical (unpaired) electrons. The number of hydrogen-bond donors (Lipinski definition) is 1. The van der Waals surface area contributed by atoms with Crippen LogP contribution in [0.3, 0.4) is 0 Å². The van der Waals surface area contributed by atoms with E-state index in [9.17, 15) is 4.79 Å². The fourth-order valence-electron chi connectivity index (χ4n) is 0.581. The zero-order valence-electron chi connectivity index (χ0n) is 7.06. The number of carboxylic acid groups (broad SMARTS) is 2. The van der Waals surface area contributed by atoms with Crippen molar-refractivity contribution < 1.29 is 19.8 Å². The highest BCUT2D eigenvalue weighted by atomic mass is 16.4. The number of carbonyl (C=O) groups excluding carboxylic acids is 1. The fraction of sp³-hybridized carbons (Fsp3) is 0.111. The number of benzene rings is 1. The van der Waals surface area contributed by atoms with Gasteiger partial charge >= 0.3 is 5.97 Å². The first-order chi connectivity index (χ1) is 6.04. The maximum Gasteiger partial charge on any atom is 0.335 e. The van der Waals surface area contributed by atoms with Crippen LogP contribution in [0.15, 0.2) is 30.3 Å². The van der Waals surface area contributed by atoms with Crippen molar-refractivity contribution in [1.29, 1.82) is 0 Å². The second-order valence-corrected chi connectivity index (χ2v) is 2.16. The van der Waals surface area contributed by atoms with Crippen LogP contribution in [-0.2, 0) is 4.79 Å². The third kappa shape index (κ3) is 6.55. The minimum atomic E-state index is -1.08. The lowest BCUT2D eigenvalue weighted by molar-refractivity contribution is -0.302. The van der Waals surface area contributed by atoms with Crippen molar-refractivity contribution in [3.63, 3.8) is 0 Å². The Labute approximate surface area is 75.4 Å². The van der Waals surface area contributed by atoms with Gasteiger partial charge in [-0.3, -0.25) is 0 Å². The Bertz CT molecular complexity index is 275. The molecule has 0 aliphatic heterocycles. The van der Waals surface area contributed by atoms with E-state index in [4.69, 9.17) is 15.0 Å². The van der Waals surface area contributed by atoms with E-state index in [0.29, 0.717) is 5.56 Å². The van der Waals surface area contributed by atoms with Crippen molar-refractivity contribution in [2.75, 3.05) is 0 Å². The highest BCUT2D eigenvalue weighted by molar-refractivity contribution is 5.87. The predicted molar refractivity (Wildman–Crippen MR) is 44.1 cm³/mol. The Morgan fingerprint density at radius 1 is 1.23 bits per heavy atom. The standard InChI is InChI=1S/C7H6O2.C2H4O2/c8-7(9)6-4-2-1-3-5-6;1-2(3)4/h1-5H,(H,8,9);1H3,(H,3,4)/p-1.